The van der Waals surface area contributed by atoms with Crippen LogP contribution >= 0.6 is 24.0 Å². The van der Waals surface area contributed by atoms with Crippen molar-refractivity contribution in [2.45, 2.75) is 32.4 Å². The van der Waals surface area contributed by atoms with E-state index in [1.165, 1.54) is 31.3 Å². The van der Waals surface area contributed by atoms with Crippen LogP contribution < -0.4 is 5.32 Å². The van der Waals surface area contributed by atoms with Gasteiger partial charge in [-0.3, -0.25) is 15.0 Å². The van der Waals surface area contributed by atoms with Gasteiger partial charge >= 0.3 is 0 Å². The second kappa shape index (κ2) is 10.6. The maximum absolute atomic E-state index is 4.45. The van der Waals surface area contributed by atoms with Gasteiger partial charge in [-0.15, -0.1) is 24.0 Å². The summed E-state index contributed by atoms with van der Waals surface area (Å²) < 4.78 is 0. The van der Waals surface area contributed by atoms with Gasteiger partial charge in [-0.25, -0.2) is 4.98 Å². The summed E-state index contributed by atoms with van der Waals surface area (Å²) in [6.07, 6.45) is 4.10. The molecule has 0 amide bonds. The average molecular weight is 483 g/mol. The third kappa shape index (κ3) is 5.65. The van der Waals surface area contributed by atoms with Crippen molar-refractivity contribution in [2.24, 2.45) is 4.99 Å². The lowest BCUT2D eigenvalue weighted by Gasteiger charge is -2.29. The number of hydrogen-bond acceptors (Lipinski definition) is 4. The summed E-state index contributed by atoms with van der Waals surface area (Å²) in [5, 5.41) is 10.3. The van der Waals surface area contributed by atoms with Gasteiger partial charge in [-0.2, -0.15) is 5.10 Å². The van der Waals surface area contributed by atoms with E-state index in [1.807, 2.05) is 19.2 Å². The first-order chi connectivity index (χ1) is 12.7. The van der Waals surface area contributed by atoms with Gasteiger partial charge in [0, 0.05) is 38.8 Å². The van der Waals surface area contributed by atoms with Crippen LogP contribution in [0, 0.1) is 0 Å². The normalized spacial score (nSPS) is 17.6. The third-order valence-corrected chi connectivity index (χ3v) is 5.03. The van der Waals surface area contributed by atoms with Crippen LogP contribution in [0.3, 0.4) is 0 Å². The highest BCUT2D eigenvalue weighted by Crippen LogP contribution is 2.18. The van der Waals surface area contributed by atoms with E-state index in [2.05, 4.69) is 61.4 Å². The van der Waals surface area contributed by atoms with E-state index in [9.17, 15) is 0 Å². The number of likely N-dealkylation sites (tertiary alicyclic amines) is 1. The van der Waals surface area contributed by atoms with E-state index >= 15 is 0 Å². The first-order valence-corrected chi connectivity index (χ1v) is 9.31. The molecule has 8 heteroatoms. The molecule has 1 aliphatic rings. The Bertz CT molecular complexity index is 717. The molecule has 0 radical (unpaired) electrons. The van der Waals surface area contributed by atoms with E-state index in [4.69, 9.17) is 0 Å². The number of aromatic amines is 1. The molecule has 1 saturated heterocycles. The molecule has 0 spiro atoms. The average Bonchev–Trinajstić information content (AvgIpc) is 3.34. The summed E-state index contributed by atoms with van der Waals surface area (Å²) in [6, 6.07) is 8.92. The monoisotopic (exact) mass is 483 g/mol. The predicted octanol–water partition coefficient (Wildman–Crippen LogP) is 2.58. The van der Waals surface area contributed by atoms with Crippen molar-refractivity contribution >= 4 is 29.9 Å². The van der Waals surface area contributed by atoms with E-state index < -0.39 is 0 Å². The molecule has 0 bridgehead atoms. The van der Waals surface area contributed by atoms with Gasteiger partial charge < -0.3 is 10.2 Å². The predicted molar refractivity (Wildman–Crippen MR) is 120 cm³/mol. The zero-order valence-electron chi connectivity index (χ0n) is 16.4. The summed E-state index contributed by atoms with van der Waals surface area (Å²) in [6.45, 7) is 6.31. The first-order valence-electron chi connectivity index (χ1n) is 9.31. The number of hydrogen-bond donors (Lipinski definition) is 2. The number of likely N-dealkylation sites (N-methyl/N-ethyl adjacent to an activating group) is 2. The molecule has 2 aromatic rings. The van der Waals surface area contributed by atoms with Gasteiger partial charge in [0.2, 0.25) is 0 Å². The number of aliphatic imine (C=N–C) groups is 1. The van der Waals surface area contributed by atoms with Gasteiger partial charge in [-0.05, 0) is 37.6 Å². The Morgan fingerprint density at radius 1 is 1.44 bits per heavy atom. The van der Waals surface area contributed by atoms with Crippen LogP contribution in [0.5, 0.6) is 0 Å². The van der Waals surface area contributed by atoms with Crippen molar-refractivity contribution in [2.75, 3.05) is 33.7 Å². The molecular formula is C19H30IN7. The number of halogens is 1. The topological polar surface area (TPSA) is 72.4 Å². The maximum atomic E-state index is 4.45. The molecule has 2 N–H and O–H groups in total. The third-order valence-electron chi connectivity index (χ3n) is 5.03. The number of rotatable bonds is 6. The highest BCUT2D eigenvalue weighted by Gasteiger charge is 2.24. The Morgan fingerprint density at radius 2 is 2.30 bits per heavy atom. The van der Waals surface area contributed by atoms with Crippen molar-refractivity contribution < 1.29 is 0 Å². The molecular weight excluding hydrogens is 453 g/mol. The van der Waals surface area contributed by atoms with Crippen LogP contribution in [0.2, 0.25) is 0 Å². The molecule has 7 nitrogen and oxygen atoms in total. The summed E-state index contributed by atoms with van der Waals surface area (Å²) >= 11 is 0. The molecule has 0 saturated carbocycles. The lowest BCUT2D eigenvalue weighted by atomic mass is 10.1. The van der Waals surface area contributed by atoms with E-state index in [0.717, 1.165) is 37.0 Å². The molecule has 0 aliphatic carbocycles. The zero-order chi connectivity index (χ0) is 18.4. The molecule has 1 unspecified atom stereocenters. The Balaban J connectivity index is 0.00000261. The van der Waals surface area contributed by atoms with Crippen molar-refractivity contribution in [3.05, 3.63) is 36.2 Å². The van der Waals surface area contributed by atoms with Crippen LogP contribution in [-0.4, -0.2) is 70.7 Å². The molecule has 3 rings (SSSR count). The highest BCUT2D eigenvalue weighted by molar-refractivity contribution is 14.0. The molecule has 1 atom stereocenters. The Morgan fingerprint density at radius 3 is 3.00 bits per heavy atom. The number of nitrogens with one attached hydrogen (secondary N) is 2. The number of benzene rings is 1. The molecule has 1 aromatic carbocycles. The van der Waals surface area contributed by atoms with Gasteiger partial charge in [0.05, 0.1) is 0 Å². The second-order valence-corrected chi connectivity index (χ2v) is 6.74. The van der Waals surface area contributed by atoms with Crippen molar-refractivity contribution in [1.82, 2.24) is 30.3 Å². The van der Waals surface area contributed by atoms with E-state index in [-0.39, 0.29) is 24.0 Å². The van der Waals surface area contributed by atoms with Crippen molar-refractivity contribution in [3.8, 4) is 11.4 Å². The summed E-state index contributed by atoms with van der Waals surface area (Å²) in [4.78, 5) is 13.5. The minimum absolute atomic E-state index is 0. The highest BCUT2D eigenvalue weighted by atomic mass is 127. The molecule has 27 heavy (non-hydrogen) atoms. The standard InChI is InChI=1S/C19H29N7.HI/c1-4-26-10-6-9-17(26)13-25(3)19(20-2)21-12-15-7-5-8-16(11-15)18-22-14-23-24-18;/h5,7-8,11,14,17H,4,6,9-10,12-13H2,1-3H3,(H,20,21)(H,22,23,24);1H. The minimum atomic E-state index is 0. The fourth-order valence-electron chi connectivity index (χ4n) is 3.66. The fraction of sp³-hybridized carbons (Fsp3) is 0.526. The summed E-state index contributed by atoms with van der Waals surface area (Å²) in [7, 11) is 3.96. The largest absolute Gasteiger partial charge is 0.352 e. The fourth-order valence-corrected chi connectivity index (χ4v) is 3.66. The van der Waals surface area contributed by atoms with Gasteiger partial charge in [0.15, 0.2) is 11.8 Å². The Labute approximate surface area is 178 Å². The van der Waals surface area contributed by atoms with Crippen LogP contribution in [0.25, 0.3) is 11.4 Å². The second-order valence-electron chi connectivity index (χ2n) is 6.74. The van der Waals surface area contributed by atoms with Gasteiger partial charge in [0.1, 0.15) is 6.33 Å². The number of nitrogens with zero attached hydrogens (tertiary/aromatic N) is 5. The van der Waals surface area contributed by atoms with Crippen LogP contribution in [0.15, 0.2) is 35.6 Å². The zero-order valence-corrected chi connectivity index (χ0v) is 18.7. The Hall–Kier alpha value is -1.68. The molecule has 148 valence electrons. The first kappa shape index (κ1) is 21.6. The van der Waals surface area contributed by atoms with E-state index in [0.29, 0.717) is 6.04 Å². The summed E-state index contributed by atoms with van der Waals surface area (Å²) in [5.74, 6) is 1.72. The molecule has 1 aromatic heterocycles. The summed E-state index contributed by atoms with van der Waals surface area (Å²) in [5.41, 5.74) is 2.22. The van der Waals surface area contributed by atoms with Crippen molar-refractivity contribution in [3.63, 3.8) is 0 Å². The van der Waals surface area contributed by atoms with Gasteiger partial charge in [0.25, 0.3) is 0 Å². The lowest BCUT2D eigenvalue weighted by molar-refractivity contribution is 0.232. The smallest absolute Gasteiger partial charge is 0.193 e. The van der Waals surface area contributed by atoms with Gasteiger partial charge in [-0.1, -0.05) is 25.1 Å². The van der Waals surface area contributed by atoms with Crippen LogP contribution in [0.4, 0.5) is 0 Å². The Kier molecular flexibility index (Phi) is 8.49. The number of guanidine groups is 1. The number of H-pyrrole nitrogens is 1. The molecule has 2 heterocycles. The SMILES string of the molecule is CCN1CCCC1CN(C)C(=NC)NCc1cccc(-c2ncn[nH]2)c1.I. The van der Waals surface area contributed by atoms with Crippen molar-refractivity contribution in [1.29, 1.82) is 0 Å². The molecule has 1 fully saturated rings. The number of aromatic nitrogens is 3. The van der Waals surface area contributed by atoms with E-state index in [1.54, 1.807) is 0 Å². The minimum Gasteiger partial charge on any atom is -0.352 e. The van der Waals surface area contributed by atoms with Crippen LogP contribution in [0.1, 0.15) is 25.3 Å². The van der Waals surface area contributed by atoms with Crippen LogP contribution in [-0.2, 0) is 6.54 Å². The lowest BCUT2D eigenvalue weighted by Crippen LogP contribution is -2.45. The molecule has 1 aliphatic heterocycles. The maximum Gasteiger partial charge on any atom is 0.193 e. The quantitative estimate of drug-likeness (QED) is 0.376.